The molecule has 0 unspecified atom stereocenters. The number of benzene rings is 3. The van der Waals surface area contributed by atoms with Crippen LogP contribution in [0.15, 0.2) is 89.5 Å². The third-order valence-corrected chi connectivity index (χ3v) is 6.16. The van der Waals surface area contributed by atoms with Crippen molar-refractivity contribution >= 4 is 6.29 Å². The summed E-state index contributed by atoms with van der Waals surface area (Å²) in [4.78, 5) is 20.7. The molecule has 1 aliphatic rings. The normalized spacial score (nSPS) is 15.1. The Bertz CT molecular complexity index is 1150. The van der Waals surface area contributed by atoms with E-state index in [1.54, 1.807) is 6.07 Å². The minimum atomic E-state index is 0.240. The summed E-state index contributed by atoms with van der Waals surface area (Å²) in [5.41, 5.74) is 3.88. The lowest BCUT2D eigenvalue weighted by molar-refractivity contribution is 0.0966. The van der Waals surface area contributed by atoms with E-state index in [1.165, 1.54) is 11.1 Å². The molecular weight excluding hydrogens is 412 g/mol. The summed E-state index contributed by atoms with van der Waals surface area (Å²) in [5.74, 6) is 1.03. The van der Waals surface area contributed by atoms with Gasteiger partial charge in [-0.2, -0.15) is 4.98 Å². The fourth-order valence-corrected chi connectivity index (χ4v) is 4.49. The molecule has 1 aliphatic heterocycles. The molecule has 1 saturated heterocycles. The lowest BCUT2D eigenvalue weighted by Gasteiger charge is -2.39. The third-order valence-electron chi connectivity index (χ3n) is 6.16. The van der Waals surface area contributed by atoms with Crippen LogP contribution in [-0.4, -0.2) is 52.4 Å². The first-order valence-electron chi connectivity index (χ1n) is 11.3. The van der Waals surface area contributed by atoms with Crippen LogP contribution in [0.4, 0.5) is 0 Å². The first kappa shape index (κ1) is 21.2. The highest BCUT2D eigenvalue weighted by molar-refractivity contribution is 5.85. The highest BCUT2D eigenvalue weighted by atomic mass is 16.5. The maximum absolute atomic E-state index is 11.3. The van der Waals surface area contributed by atoms with Crippen molar-refractivity contribution in [3.8, 4) is 11.4 Å². The minimum absolute atomic E-state index is 0.240. The molecular formula is C27H26N4O2. The maximum Gasteiger partial charge on any atom is 0.241 e. The lowest BCUT2D eigenvalue weighted by atomic mass is 9.96. The van der Waals surface area contributed by atoms with E-state index in [4.69, 9.17) is 4.52 Å². The van der Waals surface area contributed by atoms with Gasteiger partial charge in [-0.1, -0.05) is 90.1 Å². The Hall–Kier alpha value is -3.61. The van der Waals surface area contributed by atoms with Crippen LogP contribution < -0.4 is 0 Å². The first-order valence-corrected chi connectivity index (χ1v) is 11.3. The Kier molecular flexibility index (Phi) is 6.37. The molecule has 0 saturated carbocycles. The molecule has 0 atom stereocenters. The van der Waals surface area contributed by atoms with Gasteiger partial charge in [-0.25, -0.2) is 0 Å². The zero-order valence-electron chi connectivity index (χ0n) is 18.4. The van der Waals surface area contributed by atoms with Gasteiger partial charge in [0.25, 0.3) is 0 Å². The highest BCUT2D eigenvalue weighted by Crippen LogP contribution is 2.29. The fraction of sp³-hybridized carbons (Fsp3) is 0.222. The number of rotatable bonds is 7. The van der Waals surface area contributed by atoms with Crippen molar-refractivity contribution in [2.45, 2.75) is 12.6 Å². The summed E-state index contributed by atoms with van der Waals surface area (Å²) < 4.78 is 5.50. The van der Waals surface area contributed by atoms with Crippen LogP contribution in [0.25, 0.3) is 11.4 Å². The molecule has 2 heterocycles. The number of aromatic nitrogens is 2. The fourth-order valence-electron chi connectivity index (χ4n) is 4.49. The predicted octanol–water partition coefficient (Wildman–Crippen LogP) is 4.46. The lowest BCUT2D eigenvalue weighted by Crippen LogP contribution is -2.47. The van der Waals surface area contributed by atoms with E-state index in [-0.39, 0.29) is 6.04 Å². The zero-order valence-corrected chi connectivity index (χ0v) is 18.4. The van der Waals surface area contributed by atoms with E-state index in [0.29, 0.717) is 29.4 Å². The smallest absolute Gasteiger partial charge is 0.241 e. The van der Waals surface area contributed by atoms with Gasteiger partial charge in [0, 0.05) is 37.3 Å². The molecule has 6 nitrogen and oxygen atoms in total. The zero-order chi connectivity index (χ0) is 22.5. The summed E-state index contributed by atoms with van der Waals surface area (Å²) in [6.07, 6.45) is 0.820. The molecule has 0 bridgehead atoms. The monoisotopic (exact) mass is 438 g/mol. The van der Waals surface area contributed by atoms with E-state index in [1.807, 2.05) is 18.2 Å². The van der Waals surface area contributed by atoms with Gasteiger partial charge in [0.15, 0.2) is 6.29 Å². The van der Waals surface area contributed by atoms with Crippen molar-refractivity contribution in [1.82, 2.24) is 19.9 Å². The van der Waals surface area contributed by atoms with Gasteiger partial charge in [0.05, 0.1) is 12.6 Å². The van der Waals surface area contributed by atoms with Gasteiger partial charge < -0.3 is 4.52 Å². The maximum atomic E-state index is 11.3. The van der Waals surface area contributed by atoms with Gasteiger partial charge >= 0.3 is 0 Å². The van der Waals surface area contributed by atoms with Gasteiger partial charge in [0.2, 0.25) is 11.7 Å². The second kappa shape index (κ2) is 9.90. The molecule has 0 radical (unpaired) electrons. The second-order valence-corrected chi connectivity index (χ2v) is 8.25. The Morgan fingerprint density at radius 3 is 2.06 bits per heavy atom. The molecule has 0 amide bonds. The molecule has 166 valence electrons. The number of hydrogen-bond donors (Lipinski definition) is 0. The Morgan fingerprint density at radius 1 is 0.818 bits per heavy atom. The van der Waals surface area contributed by atoms with Gasteiger partial charge in [-0.3, -0.25) is 14.6 Å². The van der Waals surface area contributed by atoms with Crippen LogP contribution in [0.2, 0.25) is 0 Å². The van der Waals surface area contributed by atoms with Gasteiger partial charge in [0.1, 0.15) is 0 Å². The quantitative estimate of drug-likeness (QED) is 0.397. The Balaban J connectivity index is 1.26. The van der Waals surface area contributed by atoms with E-state index in [2.05, 4.69) is 80.6 Å². The number of hydrogen-bond acceptors (Lipinski definition) is 6. The van der Waals surface area contributed by atoms with Crippen molar-refractivity contribution in [3.05, 3.63) is 108 Å². The average molecular weight is 439 g/mol. The largest absolute Gasteiger partial charge is 0.338 e. The third kappa shape index (κ3) is 4.77. The average Bonchev–Trinajstić information content (AvgIpc) is 3.35. The predicted molar refractivity (Wildman–Crippen MR) is 127 cm³/mol. The number of nitrogens with zero attached hydrogens (tertiary/aromatic N) is 4. The molecule has 1 aromatic heterocycles. The van der Waals surface area contributed by atoms with Crippen LogP contribution in [0.3, 0.4) is 0 Å². The van der Waals surface area contributed by atoms with Crippen molar-refractivity contribution in [1.29, 1.82) is 0 Å². The molecule has 3 aromatic carbocycles. The molecule has 5 rings (SSSR count). The van der Waals surface area contributed by atoms with E-state index in [0.717, 1.165) is 32.5 Å². The molecule has 0 aliphatic carbocycles. The number of carbonyl (C=O) groups is 1. The first-order chi connectivity index (χ1) is 16.3. The van der Waals surface area contributed by atoms with Gasteiger partial charge in [-0.05, 0) is 11.1 Å². The summed E-state index contributed by atoms with van der Waals surface area (Å²) in [6, 6.07) is 28.9. The molecule has 0 N–H and O–H groups in total. The van der Waals surface area contributed by atoms with E-state index < -0.39 is 0 Å². The van der Waals surface area contributed by atoms with Crippen molar-refractivity contribution in [3.63, 3.8) is 0 Å². The standard InChI is InChI=1S/C27H26N4O2/c32-20-23-13-7-8-14-24(23)27-28-25(33-29-27)19-30-15-17-31(18-16-30)26(21-9-3-1-4-10-21)22-11-5-2-6-12-22/h1-14,20,26H,15-19H2. The molecule has 1 fully saturated rings. The van der Waals surface area contributed by atoms with Crippen LogP contribution in [0.5, 0.6) is 0 Å². The van der Waals surface area contributed by atoms with Crippen LogP contribution in [0.1, 0.15) is 33.4 Å². The molecule has 6 heteroatoms. The summed E-state index contributed by atoms with van der Waals surface area (Å²) >= 11 is 0. The van der Waals surface area contributed by atoms with Gasteiger partial charge in [-0.15, -0.1) is 0 Å². The van der Waals surface area contributed by atoms with E-state index >= 15 is 0 Å². The second-order valence-electron chi connectivity index (χ2n) is 8.25. The summed E-state index contributed by atoms with van der Waals surface area (Å²) in [6.45, 7) is 4.33. The number of aldehydes is 1. The van der Waals surface area contributed by atoms with Crippen molar-refractivity contribution < 1.29 is 9.32 Å². The molecule has 4 aromatic rings. The van der Waals surface area contributed by atoms with E-state index in [9.17, 15) is 4.79 Å². The highest BCUT2D eigenvalue weighted by Gasteiger charge is 2.27. The summed E-state index contributed by atoms with van der Waals surface area (Å²) in [7, 11) is 0. The van der Waals surface area contributed by atoms with Crippen LogP contribution in [0, 0.1) is 0 Å². The van der Waals surface area contributed by atoms with Crippen LogP contribution in [-0.2, 0) is 6.54 Å². The van der Waals surface area contributed by atoms with Crippen molar-refractivity contribution in [2.75, 3.05) is 26.2 Å². The topological polar surface area (TPSA) is 62.5 Å². The Morgan fingerprint density at radius 2 is 1.42 bits per heavy atom. The SMILES string of the molecule is O=Cc1ccccc1-c1noc(CN2CCN(C(c3ccccc3)c3ccccc3)CC2)n1. The molecule has 33 heavy (non-hydrogen) atoms. The van der Waals surface area contributed by atoms with Crippen LogP contribution >= 0.6 is 0 Å². The Labute approximate surface area is 193 Å². The summed E-state index contributed by atoms with van der Waals surface area (Å²) in [5, 5.41) is 4.10. The number of piperazine rings is 1. The number of carbonyl (C=O) groups excluding carboxylic acids is 1. The molecule has 0 spiro atoms. The minimum Gasteiger partial charge on any atom is -0.338 e. The van der Waals surface area contributed by atoms with Crippen molar-refractivity contribution in [2.24, 2.45) is 0 Å².